The Hall–Kier alpha value is -2.28. The minimum atomic E-state index is -0.417. The highest BCUT2D eigenvalue weighted by molar-refractivity contribution is 6.43. The Labute approximate surface area is 186 Å². The number of halogens is 2. The van der Waals surface area contributed by atoms with Crippen molar-refractivity contribution in [1.82, 2.24) is 4.90 Å². The van der Waals surface area contributed by atoms with Crippen LogP contribution in [0.2, 0.25) is 10.0 Å². The maximum atomic E-state index is 11.1. The zero-order valence-electron chi connectivity index (χ0n) is 16.7. The average Bonchev–Trinajstić information content (AvgIpc) is 2.76. The zero-order valence-corrected chi connectivity index (χ0v) is 18.2. The first-order chi connectivity index (χ1) is 14.5. The fraction of sp³-hybridized carbons (Fsp3) is 0.364. The normalized spacial score (nSPS) is 14.5. The van der Waals surface area contributed by atoms with Crippen molar-refractivity contribution in [3.8, 4) is 5.75 Å². The van der Waals surface area contributed by atoms with Gasteiger partial charge in [-0.3, -0.25) is 15.0 Å². The minimum absolute atomic E-state index is 0.0141. The second-order valence-corrected chi connectivity index (χ2v) is 7.92. The fourth-order valence-electron chi connectivity index (χ4n) is 3.52. The van der Waals surface area contributed by atoms with E-state index in [1.807, 2.05) is 12.1 Å². The molecule has 1 fully saturated rings. The molecule has 30 heavy (non-hydrogen) atoms. The van der Waals surface area contributed by atoms with Crippen LogP contribution in [-0.2, 0) is 0 Å². The van der Waals surface area contributed by atoms with Crippen molar-refractivity contribution in [2.45, 2.75) is 12.8 Å². The molecule has 0 bridgehead atoms. The van der Waals surface area contributed by atoms with Crippen LogP contribution in [0.25, 0.3) is 6.08 Å². The highest BCUT2D eigenvalue weighted by Crippen LogP contribution is 2.33. The summed E-state index contributed by atoms with van der Waals surface area (Å²) >= 11 is 12.5. The summed E-state index contributed by atoms with van der Waals surface area (Å²) in [6, 6.07) is 10.6. The topological polar surface area (TPSA) is 58.8 Å². The smallest absolute Gasteiger partial charge is 0.280 e. The number of nitro groups is 1. The van der Waals surface area contributed by atoms with Gasteiger partial charge in [0.2, 0.25) is 0 Å². The van der Waals surface area contributed by atoms with Gasteiger partial charge in [0.1, 0.15) is 5.75 Å². The predicted molar refractivity (Wildman–Crippen MR) is 123 cm³/mol. The Kier molecular flexibility index (Phi) is 7.96. The Morgan fingerprint density at radius 2 is 1.90 bits per heavy atom. The number of hydrogen-bond acceptors (Lipinski definition) is 5. The van der Waals surface area contributed by atoms with Crippen LogP contribution >= 0.6 is 23.2 Å². The van der Waals surface area contributed by atoms with E-state index in [9.17, 15) is 10.1 Å². The van der Waals surface area contributed by atoms with Gasteiger partial charge in [-0.2, -0.15) is 0 Å². The summed E-state index contributed by atoms with van der Waals surface area (Å²) in [5.41, 5.74) is 1.50. The van der Waals surface area contributed by atoms with E-state index in [-0.39, 0.29) is 5.69 Å². The van der Waals surface area contributed by atoms with E-state index in [0.29, 0.717) is 28.0 Å². The van der Waals surface area contributed by atoms with Crippen molar-refractivity contribution in [3.63, 3.8) is 0 Å². The Morgan fingerprint density at radius 3 is 2.60 bits per heavy atom. The summed E-state index contributed by atoms with van der Waals surface area (Å²) in [4.78, 5) is 15.4. The molecule has 0 atom stereocenters. The maximum Gasteiger partial charge on any atom is 0.280 e. The second-order valence-electron chi connectivity index (χ2n) is 7.14. The van der Waals surface area contributed by atoms with Crippen LogP contribution in [0.1, 0.15) is 18.4 Å². The van der Waals surface area contributed by atoms with Crippen LogP contribution in [-0.4, -0.2) is 49.2 Å². The quantitative estimate of drug-likeness (QED) is 0.286. The molecular weight excluding hydrogens is 425 g/mol. The van der Waals surface area contributed by atoms with Crippen LogP contribution in [0, 0.1) is 10.1 Å². The third kappa shape index (κ3) is 5.65. The average molecular weight is 450 g/mol. The summed E-state index contributed by atoms with van der Waals surface area (Å²) in [6.07, 6.45) is 3.37. The van der Waals surface area contributed by atoms with Gasteiger partial charge in [-0.15, -0.1) is 0 Å². The number of unbranched alkanes of at least 4 members (excludes halogenated alkanes) is 1. The molecule has 6 nitrogen and oxygen atoms in total. The van der Waals surface area contributed by atoms with E-state index in [4.69, 9.17) is 27.9 Å². The number of anilines is 1. The molecule has 0 spiro atoms. The first-order valence-electron chi connectivity index (χ1n) is 9.94. The number of benzene rings is 2. The third-order valence-electron chi connectivity index (χ3n) is 5.20. The van der Waals surface area contributed by atoms with Crippen LogP contribution < -0.4 is 9.64 Å². The first kappa shape index (κ1) is 22.4. The molecule has 1 aliphatic heterocycles. The monoisotopic (exact) mass is 449 g/mol. The molecule has 0 N–H and O–H groups in total. The van der Waals surface area contributed by atoms with Crippen LogP contribution in [0.15, 0.2) is 43.0 Å². The third-order valence-corrected chi connectivity index (χ3v) is 6.01. The Balaban J connectivity index is 1.38. The van der Waals surface area contributed by atoms with Gasteiger partial charge in [0, 0.05) is 26.2 Å². The van der Waals surface area contributed by atoms with Crippen molar-refractivity contribution >= 4 is 40.7 Å². The lowest BCUT2D eigenvalue weighted by Crippen LogP contribution is -2.46. The maximum absolute atomic E-state index is 11.1. The number of nitro benzene ring substituents is 1. The van der Waals surface area contributed by atoms with Crippen LogP contribution in [0.5, 0.6) is 5.75 Å². The lowest BCUT2D eigenvalue weighted by Gasteiger charge is -2.36. The van der Waals surface area contributed by atoms with Crippen molar-refractivity contribution in [3.05, 3.63) is 68.7 Å². The summed E-state index contributed by atoms with van der Waals surface area (Å²) in [6.45, 7) is 8.89. The molecule has 2 aromatic carbocycles. The SMILES string of the molecule is C=Cc1ccc(OCCCCN2CCN(c3cccc(Cl)c3Cl)CC2)cc1[N+](=O)[O-]. The van der Waals surface area contributed by atoms with Gasteiger partial charge in [0.05, 0.1) is 38.9 Å². The molecule has 0 saturated carbocycles. The largest absolute Gasteiger partial charge is 0.493 e. The van der Waals surface area contributed by atoms with Gasteiger partial charge < -0.3 is 9.64 Å². The van der Waals surface area contributed by atoms with Crippen LogP contribution in [0.3, 0.4) is 0 Å². The van der Waals surface area contributed by atoms with Crippen molar-refractivity contribution in [2.24, 2.45) is 0 Å². The lowest BCUT2D eigenvalue weighted by atomic mass is 10.1. The molecule has 0 radical (unpaired) electrons. The second kappa shape index (κ2) is 10.7. The molecule has 1 saturated heterocycles. The Bertz CT molecular complexity index is 899. The molecule has 2 aromatic rings. The van der Waals surface area contributed by atoms with E-state index in [0.717, 1.165) is 51.3 Å². The molecule has 160 valence electrons. The highest BCUT2D eigenvalue weighted by Gasteiger charge is 2.19. The number of piperazine rings is 1. The van der Waals surface area contributed by atoms with Gasteiger partial charge in [0.15, 0.2) is 0 Å². The molecule has 0 unspecified atom stereocenters. The van der Waals surface area contributed by atoms with Crippen molar-refractivity contribution in [2.75, 3.05) is 44.2 Å². The van der Waals surface area contributed by atoms with Gasteiger partial charge in [-0.1, -0.05) is 41.9 Å². The fourth-order valence-corrected chi connectivity index (χ4v) is 3.94. The van der Waals surface area contributed by atoms with E-state index in [1.165, 1.54) is 12.1 Å². The number of nitrogens with zero attached hydrogens (tertiary/aromatic N) is 3. The summed E-state index contributed by atoms with van der Waals surface area (Å²) in [5, 5.41) is 12.3. The number of rotatable bonds is 9. The van der Waals surface area contributed by atoms with Crippen molar-refractivity contribution < 1.29 is 9.66 Å². The van der Waals surface area contributed by atoms with E-state index in [2.05, 4.69) is 16.4 Å². The van der Waals surface area contributed by atoms with E-state index < -0.39 is 4.92 Å². The number of ether oxygens (including phenoxy) is 1. The van der Waals surface area contributed by atoms with E-state index >= 15 is 0 Å². The standard InChI is InChI=1S/C22H25Cl2N3O3/c1-2-17-8-9-18(16-21(17)27(28)29)30-15-4-3-10-25-11-13-26(14-12-25)20-7-5-6-19(23)22(20)24/h2,5-9,16H,1,3-4,10-15H2. The van der Waals surface area contributed by atoms with Crippen molar-refractivity contribution in [1.29, 1.82) is 0 Å². The highest BCUT2D eigenvalue weighted by atomic mass is 35.5. The summed E-state index contributed by atoms with van der Waals surface area (Å²) < 4.78 is 5.69. The molecule has 8 heteroatoms. The minimum Gasteiger partial charge on any atom is -0.493 e. The summed E-state index contributed by atoms with van der Waals surface area (Å²) in [7, 11) is 0. The van der Waals surface area contributed by atoms with Gasteiger partial charge in [-0.05, 0) is 43.7 Å². The predicted octanol–water partition coefficient (Wildman–Crippen LogP) is 5.53. The molecule has 0 aromatic heterocycles. The molecule has 0 aliphatic carbocycles. The Morgan fingerprint density at radius 1 is 1.13 bits per heavy atom. The molecule has 1 heterocycles. The molecular formula is C22H25Cl2N3O3. The van der Waals surface area contributed by atoms with Gasteiger partial charge >= 0.3 is 0 Å². The van der Waals surface area contributed by atoms with Gasteiger partial charge in [-0.25, -0.2) is 0 Å². The van der Waals surface area contributed by atoms with E-state index in [1.54, 1.807) is 18.2 Å². The molecule has 0 amide bonds. The first-order valence-corrected chi connectivity index (χ1v) is 10.7. The lowest BCUT2D eigenvalue weighted by molar-refractivity contribution is -0.385. The molecule has 3 rings (SSSR count). The number of hydrogen-bond donors (Lipinski definition) is 0. The summed E-state index contributed by atoms with van der Waals surface area (Å²) in [5.74, 6) is 0.513. The van der Waals surface area contributed by atoms with Crippen LogP contribution in [0.4, 0.5) is 11.4 Å². The molecule has 1 aliphatic rings. The van der Waals surface area contributed by atoms with Gasteiger partial charge in [0.25, 0.3) is 5.69 Å². The zero-order chi connectivity index (χ0) is 21.5.